The van der Waals surface area contributed by atoms with Gasteiger partial charge in [0.05, 0.1) is 7.11 Å². The Morgan fingerprint density at radius 1 is 1.33 bits per heavy atom. The van der Waals surface area contributed by atoms with Crippen LogP contribution < -0.4 is 10.5 Å². The molecule has 0 amide bonds. The van der Waals surface area contributed by atoms with E-state index in [1.54, 1.807) is 30.6 Å². The van der Waals surface area contributed by atoms with Crippen LogP contribution in [0.1, 0.15) is 5.56 Å². The SMILES string of the molecule is COc1ccc(N)cc1S(=O)(=O)N(C)Cc1cccnc1. The summed E-state index contributed by atoms with van der Waals surface area (Å²) in [6, 6.07) is 8.11. The highest BCUT2D eigenvalue weighted by atomic mass is 32.2. The Morgan fingerprint density at radius 3 is 2.71 bits per heavy atom. The predicted octanol–water partition coefficient (Wildman–Crippen LogP) is 1.49. The minimum atomic E-state index is -3.70. The highest BCUT2D eigenvalue weighted by Crippen LogP contribution is 2.28. The lowest BCUT2D eigenvalue weighted by Gasteiger charge is -2.19. The van der Waals surface area contributed by atoms with Crippen LogP contribution in [-0.2, 0) is 16.6 Å². The lowest BCUT2D eigenvalue weighted by atomic mass is 10.3. The number of nitrogens with two attached hydrogens (primary N) is 1. The van der Waals surface area contributed by atoms with Crippen molar-refractivity contribution in [3.63, 3.8) is 0 Å². The van der Waals surface area contributed by atoms with E-state index in [9.17, 15) is 8.42 Å². The molecule has 2 aromatic rings. The van der Waals surface area contributed by atoms with Gasteiger partial charge in [-0.3, -0.25) is 4.98 Å². The van der Waals surface area contributed by atoms with E-state index in [-0.39, 0.29) is 17.2 Å². The van der Waals surface area contributed by atoms with Crippen molar-refractivity contribution in [1.29, 1.82) is 0 Å². The van der Waals surface area contributed by atoms with Crippen LogP contribution >= 0.6 is 0 Å². The van der Waals surface area contributed by atoms with Gasteiger partial charge in [-0.05, 0) is 29.8 Å². The first-order valence-electron chi connectivity index (χ1n) is 6.24. The van der Waals surface area contributed by atoms with Gasteiger partial charge in [-0.15, -0.1) is 0 Å². The topological polar surface area (TPSA) is 85.5 Å². The molecule has 0 atom stereocenters. The normalized spacial score (nSPS) is 11.6. The summed E-state index contributed by atoms with van der Waals surface area (Å²) in [7, 11) is -0.775. The van der Waals surface area contributed by atoms with Crippen LogP contribution in [0, 0.1) is 0 Å². The molecule has 0 aliphatic rings. The third-order valence-electron chi connectivity index (χ3n) is 3.00. The molecule has 7 heteroatoms. The number of hydrogen-bond donors (Lipinski definition) is 1. The first kappa shape index (κ1) is 15.3. The molecule has 0 fully saturated rings. The number of nitrogens with zero attached hydrogens (tertiary/aromatic N) is 2. The van der Waals surface area contributed by atoms with Gasteiger partial charge in [0.25, 0.3) is 0 Å². The molecule has 2 N–H and O–H groups in total. The number of nitrogen functional groups attached to an aromatic ring is 1. The van der Waals surface area contributed by atoms with Gasteiger partial charge in [-0.2, -0.15) is 4.31 Å². The Balaban J connectivity index is 2.35. The molecule has 0 bridgehead atoms. The number of rotatable bonds is 5. The third-order valence-corrected chi connectivity index (χ3v) is 4.83. The fourth-order valence-corrected chi connectivity index (χ4v) is 3.24. The van der Waals surface area contributed by atoms with Crippen molar-refractivity contribution in [2.24, 2.45) is 0 Å². The second kappa shape index (κ2) is 6.11. The van der Waals surface area contributed by atoms with E-state index >= 15 is 0 Å². The molecule has 0 saturated heterocycles. The molecule has 1 heterocycles. The molecule has 21 heavy (non-hydrogen) atoms. The van der Waals surface area contributed by atoms with Crippen molar-refractivity contribution in [1.82, 2.24) is 9.29 Å². The van der Waals surface area contributed by atoms with Crippen LogP contribution in [0.3, 0.4) is 0 Å². The van der Waals surface area contributed by atoms with Gasteiger partial charge in [0.15, 0.2) is 0 Å². The van der Waals surface area contributed by atoms with Crippen molar-refractivity contribution >= 4 is 15.7 Å². The highest BCUT2D eigenvalue weighted by Gasteiger charge is 2.25. The number of methoxy groups -OCH3 is 1. The Bertz CT molecular complexity index is 717. The summed E-state index contributed by atoms with van der Waals surface area (Å²) in [4.78, 5) is 4.03. The number of hydrogen-bond acceptors (Lipinski definition) is 5. The molecule has 0 aliphatic heterocycles. The van der Waals surface area contributed by atoms with Gasteiger partial charge in [-0.1, -0.05) is 6.07 Å². The molecule has 0 aliphatic carbocycles. The quantitative estimate of drug-likeness (QED) is 0.846. The zero-order chi connectivity index (χ0) is 15.5. The van der Waals surface area contributed by atoms with Gasteiger partial charge < -0.3 is 10.5 Å². The number of anilines is 1. The Morgan fingerprint density at radius 2 is 2.10 bits per heavy atom. The third kappa shape index (κ3) is 3.32. The summed E-state index contributed by atoms with van der Waals surface area (Å²) in [5, 5.41) is 0. The Labute approximate surface area is 124 Å². The van der Waals surface area contributed by atoms with Crippen LogP contribution in [0.2, 0.25) is 0 Å². The largest absolute Gasteiger partial charge is 0.495 e. The molecule has 0 radical (unpaired) electrons. The molecule has 0 spiro atoms. The van der Waals surface area contributed by atoms with Gasteiger partial charge in [0.2, 0.25) is 10.0 Å². The maximum absolute atomic E-state index is 12.6. The minimum absolute atomic E-state index is 0.0522. The van der Waals surface area contributed by atoms with Gasteiger partial charge in [0.1, 0.15) is 10.6 Å². The summed E-state index contributed by atoms with van der Waals surface area (Å²) in [6.07, 6.45) is 3.27. The molecule has 1 aromatic heterocycles. The summed E-state index contributed by atoms with van der Waals surface area (Å²) in [5.74, 6) is 0.266. The second-order valence-electron chi connectivity index (χ2n) is 4.53. The summed E-state index contributed by atoms with van der Waals surface area (Å²) < 4.78 is 31.6. The van der Waals surface area contributed by atoms with Gasteiger partial charge >= 0.3 is 0 Å². The van der Waals surface area contributed by atoms with E-state index in [0.717, 1.165) is 5.56 Å². The molecule has 2 rings (SSSR count). The first-order chi connectivity index (χ1) is 9.95. The maximum atomic E-state index is 12.6. The van der Waals surface area contributed by atoms with E-state index in [1.807, 2.05) is 6.07 Å². The molecule has 1 aromatic carbocycles. The van der Waals surface area contributed by atoms with E-state index in [1.165, 1.54) is 24.5 Å². The van der Waals surface area contributed by atoms with Crippen LogP contribution in [0.4, 0.5) is 5.69 Å². The molecule has 0 saturated carbocycles. The van der Waals surface area contributed by atoms with Crippen LogP contribution in [-0.4, -0.2) is 31.9 Å². The average Bonchev–Trinajstić information content (AvgIpc) is 2.48. The number of aromatic nitrogens is 1. The molecular formula is C14H17N3O3S. The number of pyridine rings is 1. The van der Waals surface area contributed by atoms with Crippen LogP contribution in [0.25, 0.3) is 0 Å². The predicted molar refractivity (Wildman–Crippen MR) is 80.3 cm³/mol. The van der Waals surface area contributed by atoms with Crippen LogP contribution in [0.15, 0.2) is 47.6 Å². The van der Waals surface area contributed by atoms with Crippen molar-refractivity contribution < 1.29 is 13.2 Å². The zero-order valence-electron chi connectivity index (χ0n) is 11.9. The van der Waals surface area contributed by atoms with Crippen molar-refractivity contribution in [3.05, 3.63) is 48.3 Å². The first-order valence-corrected chi connectivity index (χ1v) is 7.68. The molecular weight excluding hydrogens is 290 g/mol. The monoisotopic (exact) mass is 307 g/mol. The van der Waals surface area contributed by atoms with E-state index in [2.05, 4.69) is 4.98 Å². The van der Waals surface area contributed by atoms with E-state index < -0.39 is 10.0 Å². The number of benzene rings is 1. The second-order valence-corrected chi connectivity index (χ2v) is 6.55. The molecule has 0 unspecified atom stereocenters. The van der Waals surface area contributed by atoms with E-state index in [4.69, 9.17) is 10.5 Å². The molecule has 112 valence electrons. The van der Waals surface area contributed by atoms with Crippen LogP contribution in [0.5, 0.6) is 5.75 Å². The zero-order valence-corrected chi connectivity index (χ0v) is 12.7. The Hall–Kier alpha value is -2.12. The summed E-state index contributed by atoms with van der Waals surface area (Å²) in [6.45, 7) is 0.216. The van der Waals surface area contributed by atoms with Crippen molar-refractivity contribution in [2.75, 3.05) is 19.9 Å². The number of sulfonamides is 1. The summed E-state index contributed by atoms with van der Waals surface area (Å²) in [5.41, 5.74) is 6.85. The van der Waals surface area contributed by atoms with Gasteiger partial charge in [0, 0.05) is 31.7 Å². The maximum Gasteiger partial charge on any atom is 0.246 e. The standard InChI is InChI=1S/C14H17N3O3S/c1-17(10-11-4-3-7-16-9-11)21(18,19)14-8-12(15)5-6-13(14)20-2/h3-9H,10,15H2,1-2H3. The van der Waals surface area contributed by atoms with Crippen molar-refractivity contribution in [2.45, 2.75) is 11.4 Å². The lowest BCUT2D eigenvalue weighted by Crippen LogP contribution is -2.27. The fourth-order valence-electron chi connectivity index (χ4n) is 1.90. The lowest BCUT2D eigenvalue weighted by molar-refractivity contribution is 0.397. The van der Waals surface area contributed by atoms with Gasteiger partial charge in [-0.25, -0.2) is 8.42 Å². The highest BCUT2D eigenvalue weighted by molar-refractivity contribution is 7.89. The average molecular weight is 307 g/mol. The smallest absolute Gasteiger partial charge is 0.246 e. The fraction of sp³-hybridized carbons (Fsp3) is 0.214. The van der Waals surface area contributed by atoms with E-state index in [0.29, 0.717) is 5.69 Å². The Kier molecular flexibility index (Phi) is 4.44. The number of ether oxygens (including phenoxy) is 1. The molecule has 6 nitrogen and oxygen atoms in total. The summed E-state index contributed by atoms with van der Waals surface area (Å²) >= 11 is 0. The van der Waals surface area contributed by atoms with Crippen molar-refractivity contribution in [3.8, 4) is 5.75 Å². The minimum Gasteiger partial charge on any atom is -0.495 e.